The second-order valence-electron chi connectivity index (χ2n) is 4.33. The van der Waals surface area contributed by atoms with E-state index < -0.39 is 6.10 Å². The third kappa shape index (κ3) is 5.59. The first kappa shape index (κ1) is 15.1. The van der Waals surface area contributed by atoms with Gasteiger partial charge in [-0.15, -0.1) is 0 Å². The van der Waals surface area contributed by atoms with Gasteiger partial charge in [-0.1, -0.05) is 0 Å². The number of ether oxygens (including phenoxy) is 2. The fourth-order valence-corrected chi connectivity index (χ4v) is 1.56. The summed E-state index contributed by atoms with van der Waals surface area (Å²) in [7, 11) is 3.52. The van der Waals surface area contributed by atoms with Crippen LogP contribution in [0, 0.1) is 0 Å². The summed E-state index contributed by atoms with van der Waals surface area (Å²) < 4.78 is 12.2. The van der Waals surface area contributed by atoms with Crippen molar-refractivity contribution < 1.29 is 14.6 Å². The van der Waals surface area contributed by atoms with E-state index in [1.165, 1.54) is 0 Å². The Bertz CT molecular complexity index is 330. The molecule has 6 nitrogen and oxygen atoms in total. The molecular weight excluding hydrogens is 234 g/mol. The largest absolute Gasteiger partial charge is 0.389 e. The molecule has 0 fully saturated rings. The lowest BCUT2D eigenvalue weighted by Crippen LogP contribution is -2.32. The summed E-state index contributed by atoms with van der Waals surface area (Å²) in [6.45, 7) is 3.93. The van der Waals surface area contributed by atoms with Gasteiger partial charge in [-0.05, 0) is 13.0 Å². The Kier molecular flexibility index (Phi) is 6.89. The molecule has 0 aliphatic heterocycles. The van der Waals surface area contributed by atoms with Crippen molar-refractivity contribution in [3.8, 4) is 0 Å². The van der Waals surface area contributed by atoms with Crippen LogP contribution in [0.5, 0.6) is 0 Å². The van der Waals surface area contributed by atoms with Crippen LogP contribution in [0.2, 0.25) is 0 Å². The molecule has 2 N–H and O–H groups in total. The summed E-state index contributed by atoms with van der Waals surface area (Å²) in [5, 5.41) is 16.9. The van der Waals surface area contributed by atoms with Crippen molar-refractivity contribution in [1.82, 2.24) is 15.1 Å². The Morgan fingerprint density at radius 2 is 2.28 bits per heavy atom. The van der Waals surface area contributed by atoms with E-state index >= 15 is 0 Å². The van der Waals surface area contributed by atoms with Crippen LogP contribution >= 0.6 is 0 Å². The summed E-state index contributed by atoms with van der Waals surface area (Å²) in [5.41, 5.74) is 1.08. The summed E-state index contributed by atoms with van der Waals surface area (Å²) in [5.74, 6) is 0. The van der Waals surface area contributed by atoms with E-state index in [1.807, 2.05) is 20.0 Å². The molecule has 0 saturated carbocycles. The zero-order valence-electron chi connectivity index (χ0n) is 11.3. The standard InChI is InChI=1S/C12H23N3O3/c1-10(8-17-3)18-9-12(16)7-13-6-11-4-5-14-15(11)2/h4-5,10,12-13,16H,6-9H2,1-3H3. The highest BCUT2D eigenvalue weighted by molar-refractivity contribution is 4.99. The number of rotatable bonds is 9. The molecule has 18 heavy (non-hydrogen) atoms. The number of hydrogen-bond acceptors (Lipinski definition) is 5. The Morgan fingerprint density at radius 1 is 1.50 bits per heavy atom. The van der Waals surface area contributed by atoms with Gasteiger partial charge in [0.25, 0.3) is 0 Å². The van der Waals surface area contributed by atoms with Gasteiger partial charge in [0, 0.05) is 33.4 Å². The van der Waals surface area contributed by atoms with Crippen LogP contribution in [0.25, 0.3) is 0 Å². The minimum Gasteiger partial charge on any atom is -0.389 e. The van der Waals surface area contributed by atoms with Crippen molar-refractivity contribution in [3.63, 3.8) is 0 Å². The van der Waals surface area contributed by atoms with Gasteiger partial charge in [0.1, 0.15) is 0 Å². The number of nitrogens with one attached hydrogen (secondary N) is 1. The van der Waals surface area contributed by atoms with Gasteiger partial charge >= 0.3 is 0 Å². The molecule has 104 valence electrons. The van der Waals surface area contributed by atoms with Gasteiger partial charge in [0.05, 0.1) is 31.1 Å². The maximum Gasteiger partial charge on any atom is 0.0897 e. The first-order chi connectivity index (χ1) is 8.63. The minimum absolute atomic E-state index is 0.00160. The molecule has 2 unspecified atom stereocenters. The van der Waals surface area contributed by atoms with Crippen molar-refractivity contribution in [2.24, 2.45) is 7.05 Å². The summed E-state index contributed by atoms with van der Waals surface area (Å²) in [6.07, 6.45) is 1.24. The molecule has 1 rings (SSSR count). The molecule has 1 aromatic heterocycles. The lowest BCUT2D eigenvalue weighted by atomic mass is 10.3. The molecule has 0 spiro atoms. The Labute approximate surface area is 108 Å². The predicted molar refractivity (Wildman–Crippen MR) is 68.2 cm³/mol. The average Bonchev–Trinajstić information content (AvgIpc) is 2.73. The second-order valence-corrected chi connectivity index (χ2v) is 4.33. The van der Waals surface area contributed by atoms with Gasteiger partial charge < -0.3 is 19.9 Å². The molecule has 1 aromatic rings. The highest BCUT2D eigenvalue weighted by Gasteiger charge is 2.08. The topological polar surface area (TPSA) is 68.5 Å². The van der Waals surface area contributed by atoms with Gasteiger partial charge in [0.2, 0.25) is 0 Å². The Balaban J connectivity index is 2.10. The Hall–Kier alpha value is -0.950. The molecule has 0 bridgehead atoms. The van der Waals surface area contributed by atoms with Crippen molar-refractivity contribution in [2.45, 2.75) is 25.7 Å². The van der Waals surface area contributed by atoms with E-state index in [2.05, 4.69) is 10.4 Å². The van der Waals surface area contributed by atoms with E-state index in [0.717, 1.165) is 5.69 Å². The first-order valence-electron chi connectivity index (χ1n) is 6.09. The number of methoxy groups -OCH3 is 1. The number of aliphatic hydroxyl groups is 1. The monoisotopic (exact) mass is 257 g/mol. The van der Waals surface area contributed by atoms with Gasteiger partial charge in [0.15, 0.2) is 0 Å². The quantitative estimate of drug-likeness (QED) is 0.648. The van der Waals surface area contributed by atoms with E-state index in [4.69, 9.17) is 9.47 Å². The van der Waals surface area contributed by atoms with Crippen LogP contribution in [-0.4, -0.2) is 54.0 Å². The fourth-order valence-electron chi connectivity index (χ4n) is 1.56. The lowest BCUT2D eigenvalue weighted by molar-refractivity contribution is -0.0311. The number of nitrogens with zero attached hydrogens (tertiary/aromatic N) is 2. The van der Waals surface area contributed by atoms with E-state index in [9.17, 15) is 5.11 Å². The average molecular weight is 257 g/mol. The van der Waals surface area contributed by atoms with Crippen molar-refractivity contribution in [1.29, 1.82) is 0 Å². The van der Waals surface area contributed by atoms with Crippen LogP contribution in [0.15, 0.2) is 12.3 Å². The van der Waals surface area contributed by atoms with Crippen LogP contribution < -0.4 is 5.32 Å². The molecular formula is C12H23N3O3. The van der Waals surface area contributed by atoms with Crippen LogP contribution in [0.4, 0.5) is 0 Å². The zero-order chi connectivity index (χ0) is 13.4. The molecule has 6 heteroatoms. The molecule has 2 atom stereocenters. The molecule has 0 saturated heterocycles. The third-order valence-electron chi connectivity index (χ3n) is 2.58. The predicted octanol–water partition coefficient (Wildman–Crippen LogP) is -0.0779. The third-order valence-corrected chi connectivity index (χ3v) is 2.58. The summed E-state index contributed by atoms with van der Waals surface area (Å²) in [6, 6.07) is 1.94. The smallest absolute Gasteiger partial charge is 0.0897 e. The minimum atomic E-state index is -0.516. The normalized spacial score (nSPS) is 14.7. The van der Waals surface area contributed by atoms with E-state index in [-0.39, 0.29) is 6.10 Å². The molecule has 1 heterocycles. The van der Waals surface area contributed by atoms with Crippen molar-refractivity contribution >= 4 is 0 Å². The lowest BCUT2D eigenvalue weighted by Gasteiger charge is -2.16. The van der Waals surface area contributed by atoms with Gasteiger partial charge in [-0.2, -0.15) is 5.10 Å². The van der Waals surface area contributed by atoms with E-state index in [1.54, 1.807) is 18.0 Å². The first-order valence-corrected chi connectivity index (χ1v) is 6.09. The summed E-state index contributed by atoms with van der Waals surface area (Å²) >= 11 is 0. The van der Waals surface area contributed by atoms with Crippen molar-refractivity contribution in [3.05, 3.63) is 18.0 Å². The highest BCUT2D eigenvalue weighted by atomic mass is 16.5. The van der Waals surface area contributed by atoms with Crippen molar-refractivity contribution in [2.75, 3.05) is 26.9 Å². The SMILES string of the molecule is COCC(C)OCC(O)CNCc1ccnn1C. The van der Waals surface area contributed by atoms with E-state index in [0.29, 0.717) is 26.3 Å². The van der Waals surface area contributed by atoms with Crippen LogP contribution in [0.3, 0.4) is 0 Å². The molecule has 0 radical (unpaired) electrons. The van der Waals surface area contributed by atoms with Crippen LogP contribution in [-0.2, 0) is 23.1 Å². The molecule has 0 aromatic carbocycles. The number of aliphatic hydroxyl groups excluding tert-OH is 1. The number of hydrogen-bond donors (Lipinski definition) is 2. The number of aryl methyl sites for hydroxylation is 1. The highest BCUT2D eigenvalue weighted by Crippen LogP contribution is 1.96. The van der Waals surface area contributed by atoms with Gasteiger partial charge in [-0.25, -0.2) is 0 Å². The maximum absolute atomic E-state index is 9.71. The molecule has 0 aliphatic carbocycles. The van der Waals surface area contributed by atoms with Gasteiger partial charge in [-0.3, -0.25) is 4.68 Å². The zero-order valence-corrected chi connectivity index (χ0v) is 11.3. The maximum atomic E-state index is 9.71. The second kappa shape index (κ2) is 8.20. The molecule has 0 amide bonds. The molecule has 0 aliphatic rings. The fraction of sp³-hybridized carbons (Fsp3) is 0.750. The van der Waals surface area contributed by atoms with Crippen LogP contribution in [0.1, 0.15) is 12.6 Å². The summed E-state index contributed by atoms with van der Waals surface area (Å²) in [4.78, 5) is 0. The number of aromatic nitrogens is 2. The Morgan fingerprint density at radius 3 is 2.89 bits per heavy atom.